The number of aryl methyl sites for hydroxylation is 2. The molecule has 2 amide bonds. The Morgan fingerprint density at radius 1 is 1.00 bits per heavy atom. The van der Waals surface area contributed by atoms with Crippen molar-refractivity contribution >= 4 is 23.2 Å². The van der Waals surface area contributed by atoms with Gasteiger partial charge in [-0.3, -0.25) is 9.59 Å². The lowest BCUT2D eigenvalue weighted by molar-refractivity contribution is -0.121. The van der Waals surface area contributed by atoms with Crippen molar-refractivity contribution in [3.05, 3.63) is 59.2 Å². The molecule has 132 valence electrons. The third-order valence-corrected chi connectivity index (χ3v) is 5.21. The summed E-state index contributed by atoms with van der Waals surface area (Å²) in [6, 6.07) is 11.8. The Bertz CT molecular complexity index is 920. The molecule has 1 saturated heterocycles. The predicted octanol–water partition coefficient (Wildman–Crippen LogP) is 3.36. The number of hydrogen-bond donors (Lipinski definition) is 0. The van der Waals surface area contributed by atoms with Gasteiger partial charge in [0.25, 0.3) is 11.8 Å². The Morgan fingerprint density at radius 2 is 1.73 bits per heavy atom. The maximum atomic E-state index is 13.1. The predicted molar refractivity (Wildman–Crippen MR) is 99.1 cm³/mol. The van der Waals surface area contributed by atoms with Crippen molar-refractivity contribution in [1.29, 1.82) is 0 Å². The van der Waals surface area contributed by atoms with Crippen LogP contribution in [0.3, 0.4) is 0 Å². The summed E-state index contributed by atoms with van der Waals surface area (Å²) in [6.45, 7) is 6.05. The highest BCUT2D eigenvalue weighted by atomic mass is 16.2. The summed E-state index contributed by atoms with van der Waals surface area (Å²) in [6.07, 6.45) is 0.905. The van der Waals surface area contributed by atoms with Gasteiger partial charge in [0, 0.05) is 0 Å². The van der Waals surface area contributed by atoms with Gasteiger partial charge in [0.15, 0.2) is 12.1 Å². The van der Waals surface area contributed by atoms with Gasteiger partial charge in [0.05, 0.1) is 11.4 Å². The summed E-state index contributed by atoms with van der Waals surface area (Å²) in [5.41, 5.74) is 4.68. The summed E-state index contributed by atoms with van der Waals surface area (Å²) in [7, 11) is 0. The number of hydrogen-bond acceptors (Lipinski definition) is 5. The molecule has 2 atom stereocenters. The monoisotopic (exact) mass is 348 g/mol. The molecule has 2 aliphatic rings. The highest BCUT2D eigenvalue weighted by Gasteiger charge is 2.55. The van der Waals surface area contributed by atoms with Gasteiger partial charge in [0.2, 0.25) is 0 Å². The normalized spacial score (nSPS) is 21.7. The zero-order valence-corrected chi connectivity index (χ0v) is 15.0. The van der Waals surface area contributed by atoms with E-state index in [-0.39, 0.29) is 11.8 Å². The molecule has 0 spiro atoms. The zero-order valence-electron chi connectivity index (χ0n) is 15.0. The third kappa shape index (κ3) is 2.33. The Hall–Kier alpha value is -3.02. The van der Waals surface area contributed by atoms with Gasteiger partial charge in [-0.15, -0.1) is 0 Å². The first-order valence-electron chi connectivity index (χ1n) is 8.76. The Morgan fingerprint density at radius 3 is 2.42 bits per heavy atom. The van der Waals surface area contributed by atoms with E-state index in [0.717, 1.165) is 28.8 Å². The van der Waals surface area contributed by atoms with Gasteiger partial charge in [-0.05, 0) is 55.2 Å². The van der Waals surface area contributed by atoms with Crippen molar-refractivity contribution in [2.45, 2.75) is 39.3 Å². The van der Waals surface area contributed by atoms with Gasteiger partial charge in [-0.25, -0.2) is 9.91 Å². The minimum Gasteiger partial charge on any atom is -0.271 e. The first-order valence-corrected chi connectivity index (χ1v) is 8.76. The van der Waals surface area contributed by atoms with E-state index in [4.69, 9.17) is 0 Å². The molecular weight excluding hydrogens is 328 g/mol. The number of nitrogens with zero attached hydrogens (tertiary/aromatic N) is 4. The molecule has 2 aliphatic heterocycles. The maximum absolute atomic E-state index is 13.1. The second-order valence-corrected chi connectivity index (χ2v) is 6.69. The number of amides is 2. The van der Waals surface area contributed by atoms with Gasteiger partial charge in [0.1, 0.15) is 0 Å². The number of carbonyl (C=O) groups is 2. The van der Waals surface area contributed by atoms with E-state index in [1.54, 1.807) is 5.01 Å². The second kappa shape index (κ2) is 6.05. The SMILES string of the molecule is CCc1ccc(N2C(=O)[C@@H]3[C@@H](N=NN3c3cccc(C)c3C)C2=O)cc1. The van der Waals surface area contributed by atoms with E-state index in [9.17, 15) is 9.59 Å². The number of rotatable bonds is 3. The highest BCUT2D eigenvalue weighted by Crippen LogP contribution is 2.36. The number of carbonyl (C=O) groups excluding carboxylic acids is 2. The van der Waals surface area contributed by atoms with E-state index in [2.05, 4.69) is 17.3 Å². The van der Waals surface area contributed by atoms with Gasteiger partial charge < -0.3 is 0 Å². The summed E-state index contributed by atoms with van der Waals surface area (Å²) in [5.74, 6) is -0.601. The fraction of sp³-hybridized carbons (Fsp3) is 0.300. The Labute approximate surface area is 152 Å². The summed E-state index contributed by atoms with van der Waals surface area (Å²) >= 11 is 0. The summed E-state index contributed by atoms with van der Waals surface area (Å²) in [4.78, 5) is 27.1. The molecule has 0 saturated carbocycles. The minimum absolute atomic E-state index is 0.282. The lowest BCUT2D eigenvalue weighted by atomic mass is 10.1. The fourth-order valence-corrected chi connectivity index (χ4v) is 3.48. The van der Waals surface area contributed by atoms with Crippen LogP contribution in [0.5, 0.6) is 0 Å². The molecule has 1 fully saturated rings. The van der Waals surface area contributed by atoms with E-state index in [1.165, 1.54) is 4.90 Å². The largest absolute Gasteiger partial charge is 0.271 e. The average Bonchev–Trinajstić information content (AvgIpc) is 3.18. The molecule has 0 radical (unpaired) electrons. The van der Waals surface area contributed by atoms with E-state index < -0.39 is 12.1 Å². The molecule has 0 unspecified atom stereocenters. The summed E-state index contributed by atoms with van der Waals surface area (Å²) < 4.78 is 0. The van der Waals surface area contributed by atoms with Crippen LogP contribution >= 0.6 is 0 Å². The first kappa shape index (κ1) is 16.4. The topological polar surface area (TPSA) is 65.3 Å². The molecule has 6 nitrogen and oxygen atoms in total. The van der Waals surface area contributed by atoms with Crippen LogP contribution in [0, 0.1) is 13.8 Å². The van der Waals surface area contributed by atoms with Crippen LogP contribution in [-0.2, 0) is 16.0 Å². The minimum atomic E-state index is -0.784. The number of imide groups is 1. The van der Waals surface area contributed by atoms with Crippen LogP contribution in [-0.4, -0.2) is 23.9 Å². The highest BCUT2D eigenvalue weighted by molar-refractivity contribution is 6.26. The second-order valence-electron chi connectivity index (χ2n) is 6.69. The van der Waals surface area contributed by atoms with Crippen molar-refractivity contribution in [2.75, 3.05) is 9.91 Å². The van der Waals surface area contributed by atoms with Crippen LogP contribution in [0.4, 0.5) is 11.4 Å². The van der Waals surface area contributed by atoms with Crippen LogP contribution < -0.4 is 9.91 Å². The number of fused-ring (bicyclic) bond motifs is 1. The van der Waals surface area contributed by atoms with Crippen LogP contribution in [0.15, 0.2) is 52.8 Å². The van der Waals surface area contributed by atoms with Crippen molar-refractivity contribution in [2.24, 2.45) is 10.3 Å². The molecule has 2 heterocycles. The Kier molecular flexibility index (Phi) is 3.83. The molecule has 0 aliphatic carbocycles. The fourth-order valence-electron chi connectivity index (χ4n) is 3.48. The van der Waals surface area contributed by atoms with E-state index >= 15 is 0 Å². The molecular formula is C20H20N4O2. The molecule has 2 aromatic rings. The van der Waals surface area contributed by atoms with Crippen LogP contribution in [0.1, 0.15) is 23.6 Å². The van der Waals surface area contributed by atoms with Crippen LogP contribution in [0.2, 0.25) is 0 Å². The lowest BCUT2D eigenvalue weighted by Crippen LogP contribution is -2.40. The molecule has 0 bridgehead atoms. The average molecular weight is 348 g/mol. The lowest BCUT2D eigenvalue weighted by Gasteiger charge is -2.22. The van der Waals surface area contributed by atoms with Crippen molar-refractivity contribution in [1.82, 2.24) is 0 Å². The smallest absolute Gasteiger partial charge is 0.263 e. The molecule has 2 aromatic carbocycles. The van der Waals surface area contributed by atoms with Gasteiger partial charge in [-0.2, -0.15) is 5.11 Å². The van der Waals surface area contributed by atoms with Crippen LogP contribution in [0.25, 0.3) is 0 Å². The standard InChI is InChI=1S/C20H20N4O2/c1-4-14-8-10-15(11-9-14)23-19(25)17-18(20(23)26)24(22-21-17)16-7-5-6-12(2)13(16)3/h5-11,17-18H,4H2,1-3H3/t17-,18+/m1/s1. The van der Waals surface area contributed by atoms with Gasteiger partial charge in [-0.1, -0.05) is 36.4 Å². The molecule has 4 rings (SSSR count). The van der Waals surface area contributed by atoms with Crippen molar-refractivity contribution in [3.8, 4) is 0 Å². The third-order valence-electron chi connectivity index (χ3n) is 5.21. The molecule has 0 N–H and O–H groups in total. The maximum Gasteiger partial charge on any atom is 0.263 e. The van der Waals surface area contributed by atoms with Gasteiger partial charge >= 0.3 is 0 Å². The summed E-state index contributed by atoms with van der Waals surface area (Å²) in [5, 5.41) is 9.84. The zero-order chi connectivity index (χ0) is 18.4. The molecule has 26 heavy (non-hydrogen) atoms. The number of anilines is 2. The van der Waals surface area contributed by atoms with E-state index in [0.29, 0.717) is 5.69 Å². The molecule has 6 heteroatoms. The quantitative estimate of drug-likeness (QED) is 0.799. The van der Waals surface area contributed by atoms with Crippen molar-refractivity contribution < 1.29 is 9.59 Å². The Balaban J connectivity index is 1.70. The van der Waals surface area contributed by atoms with Crippen molar-refractivity contribution in [3.63, 3.8) is 0 Å². The van der Waals surface area contributed by atoms with E-state index in [1.807, 2.05) is 56.3 Å². The molecule has 0 aromatic heterocycles. The number of benzene rings is 2. The first-order chi connectivity index (χ1) is 12.5.